The first-order valence-corrected chi connectivity index (χ1v) is 7.27. The third-order valence-corrected chi connectivity index (χ3v) is 4.64. The van der Waals surface area contributed by atoms with Crippen molar-refractivity contribution in [3.05, 3.63) is 45.7 Å². The third-order valence-electron chi connectivity index (χ3n) is 3.95. The minimum Gasteiger partial charge on any atom is -0.460 e. The van der Waals surface area contributed by atoms with Gasteiger partial charge in [0.1, 0.15) is 24.1 Å². The normalized spacial score (nSPS) is 23.3. The summed E-state index contributed by atoms with van der Waals surface area (Å²) < 4.78 is 44.7. The zero-order chi connectivity index (χ0) is 16.7. The van der Waals surface area contributed by atoms with E-state index in [0.29, 0.717) is 17.2 Å². The minimum absolute atomic E-state index is 0.290. The summed E-state index contributed by atoms with van der Waals surface area (Å²) in [5.41, 5.74) is 0.240. The third kappa shape index (κ3) is 3.10. The lowest BCUT2D eigenvalue weighted by atomic mass is 10.1. The number of carbonyl (C=O) groups is 1. The Balaban J connectivity index is 2.06. The quantitative estimate of drug-likeness (QED) is 0.731. The summed E-state index contributed by atoms with van der Waals surface area (Å²) in [5, 5.41) is 0.327. The van der Waals surface area contributed by atoms with Crippen LogP contribution in [0.2, 0.25) is 0 Å². The molecule has 0 heterocycles. The summed E-state index contributed by atoms with van der Waals surface area (Å²) in [7, 11) is 0. The number of carbonyl (C=O) groups excluding carboxylic acids is 1. The Bertz CT molecular complexity index is 621. The van der Waals surface area contributed by atoms with E-state index in [2.05, 4.69) is 0 Å². The SMILES string of the molecule is CC1(C)C(C(=O)OCc2c(F)cc(F)cc2F)C1C(Cl)=CCl. The van der Waals surface area contributed by atoms with E-state index in [4.69, 9.17) is 27.9 Å². The lowest BCUT2D eigenvalue weighted by Crippen LogP contribution is -2.12. The Morgan fingerprint density at radius 2 is 1.82 bits per heavy atom. The fraction of sp³-hybridized carbons (Fsp3) is 0.400. The van der Waals surface area contributed by atoms with Crippen LogP contribution in [0.4, 0.5) is 13.2 Å². The summed E-state index contributed by atoms with van der Waals surface area (Å²) in [6.07, 6.45) is 0. The highest BCUT2D eigenvalue weighted by Gasteiger charge is 2.64. The number of esters is 1. The van der Waals surface area contributed by atoms with Crippen molar-refractivity contribution in [1.82, 2.24) is 0 Å². The van der Waals surface area contributed by atoms with Gasteiger partial charge in [-0.1, -0.05) is 37.0 Å². The largest absolute Gasteiger partial charge is 0.460 e. The van der Waals surface area contributed by atoms with Crippen molar-refractivity contribution in [2.75, 3.05) is 0 Å². The monoisotopic (exact) mass is 352 g/mol. The zero-order valence-electron chi connectivity index (χ0n) is 11.8. The summed E-state index contributed by atoms with van der Waals surface area (Å²) in [4.78, 5) is 12.0. The molecule has 1 saturated carbocycles. The first-order valence-electron chi connectivity index (χ1n) is 6.46. The molecule has 0 N–H and O–H groups in total. The van der Waals surface area contributed by atoms with E-state index >= 15 is 0 Å². The fourth-order valence-electron chi connectivity index (χ4n) is 2.60. The first-order chi connectivity index (χ1) is 10.2. The second-order valence-electron chi connectivity index (χ2n) is 5.73. The molecule has 7 heteroatoms. The number of allylic oxidation sites excluding steroid dienone is 1. The topological polar surface area (TPSA) is 26.3 Å². The molecule has 1 fully saturated rings. The minimum atomic E-state index is -1.10. The van der Waals surface area contributed by atoms with Crippen LogP contribution in [0.3, 0.4) is 0 Å². The van der Waals surface area contributed by atoms with Crippen LogP contribution < -0.4 is 0 Å². The van der Waals surface area contributed by atoms with Gasteiger partial charge in [-0.15, -0.1) is 0 Å². The summed E-state index contributed by atoms with van der Waals surface area (Å²) in [6, 6.07) is 1.06. The highest BCUT2D eigenvalue weighted by atomic mass is 35.5. The molecule has 0 saturated heterocycles. The van der Waals surface area contributed by atoms with Gasteiger partial charge in [0.05, 0.1) is 11.5 Å². The van der Waals surface area contributed by atoms with E-state index < -0.39 is 46.9 Å². The highest BCUT2D eigenvalue weighted by molar-refractivity contribution is 6.37. The standard InChI is InChI=1S/C15H13Cl2F3O2/c1-15(2)12(9(17)5-16)13(15)14(21)22-6-8-10(19)3-7(18)4-11(8)20/h3-5,12-13H,6H2,1-2H3. The van der Waals surface area contributed by atoms with Crippen LogP contribution in [0.15, 0.2) is 22.7 Å². The molecule has 1 aliphatic carbocycles. The van der Waals surface area contributed by atoms with Crippen molar-refractivity contribution in [1.29, 1.82) is 0 Å². The van der Waals surface area contributed by atoms with Crippen LogP contribution in [0.25, 0.3) is 0 Å². The average Bonchev–Trinajstić information content (AvgIpc) is 2.99. The van der Waals surface area contributed by atoms with Gasteiger partial charge in [-0.3, -0.25) is 4.79 Å². The van der Waals surface area contributed by atoms with Crippen LogP contribution in [0.1, 0.15) is 19.4 Å². The average molecular weight is 353 g/mol. The van der Waals surface area contributed by atoms with Gasteiger partial charge in [0.2, 0.25) is 0 Å². The highest BCUT2D eigenvalue weighted by Crippen LogP contribution is 2.63. The van der Waals surface area contributed by atoms with Crippen molar-refractivity contribution in [2.45, 2.75) is 20.5 Å². The lowest BCUT2D eigenvalue weighted by Gasteiger charge is -2.08. The maximum Gasteiger partial charge on any atom is 0.310 e. The Morgan fingerprint density at radius 1 is 1.27 bits per heavy atom. The van der Waals surface area contributed by atoms with E-state index in [-0.39, 0.29) is 5.92 Å². The Labute approximate surface area is 135 Å². The van der Waals surface area contributed by atoms with Crippen molar-refractivity contribution >= 4 is 29.2 Å². The maximum absolute atomic E-state index is 13.5. The molecule has 2 nitrogen and oxygen atoms in total. The molecule has 0 aromatic heterocycles. The maximum atomic E-state index is 13.5. The smallest absolute Gasteiger partial charge is 0.310 e. The molecule has 2 atom stereocenters. The molecule has 22 heavy (non-hydrogen) atoms. The second-order valence-corrected chi connectivity index (χ2v) is 6.38. The van der Waals surface area contributed by atoms with E-state index in [1.807, 2.05) is 13.8 Å². The molecule has 2 rings (SSSR count). The van der Waals surface area contributed by atoms with Crippen LogP contribution in [0.5, 0.6) is 0 Å². The Hall–Kier alpha value is -1.20. The van der Waals surface area contributed by atoms with E-state index in [1.54, 1.807) is 0 Å². The predicted octanol–water partition coefficient (Wildman–Crippen LogP) is 4.74. The molecule has 0 amide bonds. The first kappa shape index (κ1) is 17.2. The van der Waals surface area contributed by atoms with Gasteiger partial charge in [-0.05, 0) is 5.41 Å². The fourth-order valence-corrected chi connectivity index (χ4v) is 3.15. The molecule has 0 aliphatic heterocycles. The molecule has 0 radical (unpaired) electrons. The summed E-state index contributed by atoms with van der Waals surface area (Å²) in [6.45, 7) is 3.01. The van der Waals surface area contributed by atoms with Gasteiger partial charge in [0.25, 0.3) is 0 Å². The Morgan fingerprint density at radius 3 is 2.32 bits per heavy atom. The van der Waals surface area contributed by atoms with Crippen molar-refractivity contribution in [2.24, 2.45) is 17.3 Å². The number of hydrogen-bond donors (Lipinski definition) is 0. The molecule has 1 aromatic carbocycles. The van der Waals surface area contributed by atoms with Crippen molar-refractivity contribution < 1.29 is 22.7 Å². The van der Waals surface area contributed by atoms with E-state index in [1.165, 1.54) is 5.54 Å². The number of ether oxygens (including phenoxy) is 1. The molecular weight excluding hydrogens is 340 g/mol. The van der Waals surface area contributed by atoms with Gasteiger partial charge in [0.15, 0.2) is 0 Å². The van der Waals surface area contributed by atoms with Crippen molar-refractivity contribution in [3.63, 3.8) is 0 Å². The number of halogens is 5. The van der Waals surface area contributed by atoms with Crippen molar-refractivity contribution in [3.8, 4) is 0 Å². The van der Waals surface area contributed by atoms with Crippen LogP contribution in [0, 0.1) is 34.7 Å². The summed E-state index contributed by atoms with van der Waals surface area (Å²) >= 11 is 11.5. The molecule has 1 aromatic rings. The van der Waals surface area contributed by atoms with E-state index in [9.17, 15) is 18.0 Å². The molecule has 2 unspecified atom stereocenters. The van der Waals surface area contributed by atoms with Crippen LogP contribution in [-0.2, 0) is 16.1 Å². The summed E-state index contributed by atoms with van der Waals surface area (Å²) in [5.74, 6) is -4.70. The molecule has 1 aliphatic rings. The van der Waals surface area contributed by atoms with Gasteiger partial charge in [-0.25, -0.2) is 13.2 Å². The van der Waals surface area contributed by atoms with E-state index in [0.717, 1.165) is 0 Å². The molecular formula is C15H13Cl2F3O2. The number of benzene rings is 1. The Kier molecular flexibility index (Phi) is 4.78. The molecule has 120 valence electrons. The van der Waals surface area contributed by atoms with Gasteiger partial charge in [-0.2, -0.15) is 0 Å². The number of rotatable bonds is 4. The second kappa shape index (κ2) is 6.13. The van der Waals surface area contributed by atoms with Gasteiger partial charge < -0.3 is 4.74 Å². The molecule has 0 bridgehead atoms. The van der Waals surface area contributed by atoms with Gasteiger partial charge in [0, 0.05) is 28.6 Å². The zero-order valence-corrected chi connectivity index (χ0v) is 13.3. The van der Waals surface area contributed by atoms with Crippen LogP contribution in [-0.4, -0.2) is 5.97 Å². The lowest BCUT2D eigenvalue weighted by molar-refractivity contribution is -0.147. The van der Waals surface area contributed by atoms with Gasteiger partial charge >= 0.3 is 5.97 Å². The van der Waals surface area contributed by atoms with Crippen LogP contribution >= 0.6 is 23.2 Å². The molecule has 0 spiro atoms. The predicted molar refractivity (Wildman–Crippen MR) is 76.7 cm³/mol. The number of hydrogen-bond acceptors (Lipinski definition) is 2.